The largest absolute Gasteiger partial charge is 0.396 e. The molecule has 30 heavy (non-hydrogen) atoms. The first-order valence-corrected chi connectivity index (χ1v) is 10.4. The second-order valence-corrected chi connectivity index (χ2v) is 6.79. The van der Waals surface area contributed by atoms with Crippen LogP contribution in [0.4, 0.5) is 10.1 Å². The van der Waals surface area contributed by atoms with Crippen molar-refractivity contribution in [2.45, 2.75) is 6.54 Å². The van der Waals surface area contributed by atoms with Gasteiger partial charge in [-0.05, 0) is 18.4 Å². The molecule has 8 nitrogen and oxygen atoms in total. The lowest BCUT2D eigenvalue weighted by Gasteiger charge is -2.07. The van der Waals surface area contributed by atoms with Crippen LogP contribution in [0.3, 0.4) is 0 Å². The first kappa shape index (κ1) is 21.5. The Morgan fingerprint density at radius 3 is 2.73 bits per heavy atom. The molecule has 156 valence electrons. The highest BCUT2D eigenvalue weighted by atomic mass is 32.2. The zero-order valence-corrected chi connectivity index (χ0v) is 17.2. The standard InChI is InChI=1S/C20H22FN7OS/c1-30-27-8-7-23-15-12-25-20(26-13-15)17(22)10-19(18-6-9-29-28-18)24-11-14-4-2-3-5-16(14)21/h2-6,9-10,12-13,23,27H,7-8,11,22H2,1H3. The number of nitrogens with two attached hydrogens (primary N) is 1. The van der Waals surface area contributed by atoms with Crippen molar-refractivity contribution < 1.29 is 8.91 Å². The van der Waals surface area contributed by atoms with Gasteiger partial charge >= 0.3 is 0 Å². The molecule has 3 rings (SSSR count). The molecule has 0 unspecified atom stereocenters. The first-order chi connectivity index (χ1) is 14.7. The monoisotopic (exact) mass is 427 g/mol. The third kappa shape index (κ3) is 6.13. The predicted octanol–water partition coefficient (Wildman–Crippen LogP) is 2.87. The molecule has 0 amide bonds. The molecule has 1 aromatic carbocycles. The van der Waals surface area contributed by atoms with Crippen LogP contribution in [0.5, 0.6) is 0 Å². The Balaban J connectivity index is 1.76. The van der Waals surface area contributed by atoms with Crippen LogP contribution in [0, 0.1) is 5.82 Å². The Morgan fingerprint density at radius 1 is 1.23 bits per heavy atom. The van der Waals surface area contributed by atoms with Gasteiger partial charge in [-0.1, -0.05) is 35.3 Å². The number of aliphatic imine (C=N–C) groups is 1. The maximum Gasteiger partial charge on any atom is 0.175 e. The summed E-state index contributed by atoms with van der Waals surface area (Å²) in [7, 11) is 0. The summed E-state index contributed by atoms with van der Waals surface area (Å²) in [6.07, 6.45) is 8.33. The Labute approximate surface area is 178 Å². The molecule has 0 bridgehead atoms. The van der Waals surface area contributed by atoms with Crippen LogP contribution in [0.25, 0.3) is 5.70 Å². The van der Waals surface area contributed by atoms with Crippen molar-refractivity contribution in [1.82, 2.24) is 19.8 Å². The van der Waals surface area contributed by atoms with Crippen molar-refractivity contribution in [2.75, 3.05) is 24.7 Å². The van der Waals surface area contributed by atoms with Gasteiger partial charge in [0.25, 0.3) is 0 Å². The van der Waals surface area contributed by atoms with E-state index in [-0.39, 0.29) is 12.4 Å². The van der Waals surface area contributed by atoms with Crippen LogP contribution in [0.2, 0.25) is 0 Å². The summed E-state index contributed by atoms with van der Waals surface area (Å²) in [6.45, 7) is 1.69. The first-order valence-electron chi connectivity index (χ1n) is 9.15. The number of halogens is 1. The van der Waals surface area contributed by atoms with Gasteiger partial charge in [-0.2, -0.15) is 0 Å². The normalized spacial score (nSPS) is 12.2. The zero-order valence-electron chi connectivity index (χ0n) is 16.4. The molecule has 0 aliphatic heterocycles. The molecule has 0 aliphatic carbocycles. The fourth-order valence-corrected chi connectivity index (χ4v) is 2.79. The Morgan fingerprint density at radius 2 is 2.03 bits per heavy atom. The van der Waals surface area contributed by atoms with Crippen LogP contribution in [-0.4, -0.2) is 40.2 Å². The zero-order chi connectivity index (χ0) is 21.2. The number of anilines is 1. The van der Waals surface area contributed by atoms with E-state index in [4.69, 9.17) is 10.3 Å². The van der Waals surface area contributed by atoms with E-state index in [0.29, 0.717) is 28.5 Å². The smallest absolute Gasteiger partial charge is 0.175 e. The molecular formula is C20H22FN7OS. The minimum absolute atomic E-state index is 0.131. The Hall–Kier alpha value is -3.24. The lowest BCUT2D eigenvalue weighted by Crippen LogP contribution is -2.16. The average Bonchev–Trinajstić information content (AvgIpc) is 3.30. The second kappa shape index (κ2) is 11.1. The second-order valence-electron chi connectivity index (χ2n) is 6.10. The molecular weight excluding hydrogens is 405 g/mol. The van der Waals surface area contributed by atoms with Crippen molar-refractivity contribution in [1.29, 1.82) is 0 Å². The third-order valence-corrected chi connectivity index (χ3v) is 4.47. The summed E-state index contributed by atoms with van der Waals surface area (Å²) >= 11 is 1.56. The van der Waals surface area contributed by atoms with E-state index in [1.54, 1.807) is 54.7 Å². The molecule has 0 radical (unpaired) electrons. The minimum atomic E-state index is -0.322. The van der Waals surface area contributed by atoms with Crippen molar-refractivity contribution >= 4 is 29.0 Å². The maximum atomic E-state index is 13.9. The fraction of sp³-hybridized carbons (Fsp3) is 0.200. The highest BCUT2D eigenvalue weighted by Crippen LogP contribution is 2.12. The number of benzene rings is 1. The summed E-state index contributed by atoms with van der Waals surface area (Å²) in [5.74, 6) is 0.0294. The average molecular weight is 428 g/mol. The van der Waals surface area contributed by atoms with Gasteiger partial charge in [0, 0.05) is 24.7 Å². The number of nitrogens with zero attached hydrogens (tertiary/aromatic N) is 4. The van der Waals surface area contributed by atoms with Crippen molar-refractivity contribution in [3.8, 4) is 0 Å². The molecule has 0 aliphatic rings. The Bertz CT molecular complexity index is 991. The van der Waals surface area contributed by atoms with Crippen molar-refractivity contribution in [3.63, 3.8) is 0 Å². The molecule has 10 heteroatoms. The molecule has 0 atom stereocenters. The van der Waals surface area contributed by atoms with E-state index in [1.165, 1.54) is 12.3 Å². The Kier molecular flexibility index (Phi) is 7.93. The minimum Gasteiger partial charge on any atom is -0.396 e. The number of aromatic nitrogens is 3. The van der Waals surface area contributed by atoms with Gasteiger partial charge in [0.15, 0.2) is 5.82 Å². The number of allylic oxidation sites excluding steroid dienone is 1. The van der Waals surface area contributed by atoms with Crippen molar-refractivity contribution in [2.24, 2.45) is 10.7 Å². The molecule has 0 saturated heterocycles. The number of rotatable bonds is 10. The van der Waals surface area contributed by atoms with E-state index < -0.39 is 0 Å². The molecule has 0 saturated carbocycles. The van der Waals surface area contributed by atoms with Gasteiger partial charge in [-0.25, -0.2) is 14.4 Å². The van der Waals surface area contributed by atoms with Gasteiger partial charge in [0.05, 0.1) is 36.0 Å². The van der Waals surface area contributed by atoms with E-state index in [9.17, 15) is 4.39 Å². The van der Waals surface area contributed by atoms with Crippen LogP contribution in [0.15, 0.2) is 64.6 Å². The number of hydrogen-bond donors (Lipinski definition) is 3. The van der Waals surface area contributed by atoms with Gasteiger partial charge in [-0.15, -0.1) is 0 Å². The molecule has 3 aromatic rings. The van der Waals surface area contributed by atoms with Gasteiger partial charge in [-0.3, -0.25) is 9.71 Å². The summed E-state index contributed by atoms with van der Waals surface area (Å²) < 4.78 is 22.0. The van der Waals surface area contributed by atoms with E-state index in [0.717, 1.165) is 18.8 Å². The van der Waals surface area contributed by atoms with Crippen LogP contribution in [0.1, 0.15) is 17.1 Å². The van der Waals surface area contributed by atoms with Crippen molar-refractivity contribution in [3.05, 3.63) is 78.0 Å². The molecule has 0 fully saturated rings. The SMILES string of the molecule is CSNCCNc1cnc(C(N)=CC(=NCc2ccccc2F)c2ccon2)nc1. The van der Waals surface area contributed by atoms with Gasteiger partial charge < -0.3 is 15.6 Å². The fourth-order valence-electron chi connectivity index (χ4n) is 2.48. The van der Waals surface area contributed by atoms with E-state index in [1.807, 2.05) is 6.26 Å². The summed E-state index contributed by atoms with van der Waals surface area (Å²) in [4.78, 5) is 13.0. The highest BCUT2D eigenvalue weighted by Gasteiger charge is 2.09. The third-order valence-electron chi connectivity index (χ3n) is 3.98. The van der Waals surface area contributed by atoms with E-state index in [2.05, 4.69) is 30.2 Å². The molecule has 0 spiro atoms. The number of hydrogen-bond acceptors (Lipinski definition) is 9. The summed E-state index contributed by atoms with van der Waals surface area (Å²) in [5, 5.41) is 7.11. The highest BCUT2D eigenvalue weighted by molar-refractivity contribution is 7.96. The predicted molar refractivity (Wildman–Crippen MR) is 117 cm³/mol. The molecule has 4 N–H and O–H groups in total. The van der Waals surface area contributed by atoms with Crippen LogP contribution >= 0.6 is 11.9 Å². The lowest BCUT2D eigenvalue weighted by atomic mass is 10.2. The van der Waals surface area contributed by atoms with E-state index >= 15 is 0 Å². The van der Waals surface area contributed by atoms with Gasteiger partial charge in [0.1, 0.15) is 17.8 Å². The summed E-state index contributed by atoms with van der Waals surface area (Å²) in [6, 6.07) is 8.12. The van der Waals surface area contributed by atoms with Gasteiger partial charge in [0.2, 0.25) is 0 Å². The lowest BCUT2D eigenvalue weighted by molar-refractivity contribution is 0.418. The molecule has 2 aromatic heterocycles. The topological polar surface area (TPSA) is 114 Å². The summed E-state index contributed by atoms with van der Waals surface area (Å²) in [5.41, 5.74) is 8.67. The quantitative estimate of drug-likeness (QED) is 0.257. The van der Waals surface area contributed by atoms with Crippen LogP contribution < -0.4 is 15.8 Å². The maximum absolute atomic E-state index is 13.9. The van der Waals surface area contributed by atoms with Crippen LogP contribution in [-0.2, 0) is 6.54 Å². The molecule has 2 heterocycles. The number of nitrogens with one attached hydrogen (secondary N) is 2.